The lowest BCUT2D eigenvalue weighted by Gasteiger charge is -2.34. The van der Waals surface area contributed by atoms with E-state index in [0.29, 0.717) is 23.1 Å². The van der Waals surface area contributed by atoms with E-state index < -0.39 is 26.3 Å². The van der Waals surface area contributed by atoms with Crippen LogP contribution >= 0.6 is 15.9 Å². The minimum Gasteiger partial charge on any atom is -0.351 e. The monoisotopic (exact) mass is 392 g/mol. The van der Waals surface area contributed by atoms with Crippen molar-refractivity contribution in [2.24, 2.45) is 0 Å². The van der Waals surface area contributed by atoms with Crippen molar-refractivity contribution in [3.05, 3.63) is 34.1 Å². The summed E-state index contributed by atoms with van der Waals surface area (Å²) >= 11 is 3.06. The van der Waals surface area contributed by atoms with Gasteiger partial charge in [0.25, 0.3) is 0 Å². The number of piperidine rings is 1. The predicted molar refractivity (Wildman–Crippen MR) is 85.6 cm³/mol. The van der Waals surface area contributed by atoms with Gasteiger partial charge in [-0.2, -0.15) is 0 Å². The molecule has 1 aromatic carbocycles. The SMILES string of the molecule is CS(=O)(=O)C1(C(=O)NCc2ccc(Br)c(F)c2)CCNCC1. The van der Waals surface area contributed by atoms with Crippen molar-refractivity contribution >= 4 is 31.7 Å². The summed E-state index contributed by atoms with van der Waals surface area (Å²) in [5, 5.41) is 5.69. The van der Waals surface area contributed by atoms with Gasteiger partial charge in [-0.15, -0.1) is 0 Å². The van der Waals surface area contributed by atoms with Crippen LogP contribution in [0.2, 0.25) is 0 Å². The molecule has 1 aromatic rings. The number of hydrogen-bond acceptors (Lipinski definition) is 4. The van der Waals surface area contributed by atoms with Crippen molar-refractivity contribution in [2.45, 2.75) is 24.1 Å². The molecule has 1 fully saturated rings. The summed E-state index contributed by atoms with van der Waals surface area (Å²) in [7, 11) is -3.54. The van der Waals surface area contributed by atoms with Gasteiger partial charge in [-0.05, 0) is 59.6 Å². The van der Waals surface area contributed by atoms with E-state index in [0.717, 1.165) is 6.26 Å². The molecule has 1 saturated heterocycles. The Kier molecular flexibility index (Phi) is 5.24. The number of carbonyl (C=O) groups excluding carboxylic acids is 1. The molecule has 5 nitrogen and oxygen atoms in total. The summed E-state index contributed by atoms with van der Waals surface area (Å²) in [5.74, 6) is -0.939. The third kappa shape index (κ3) is 3.49. The molecule has 0 unspecified atom stereocenters. The van der Waals surface area contributed by atoms with E-state index >= 15 is 0 Å². The molecule has 1 heterocycles. The molecule has 0 saturated carbocycles. The Morgan fingerprint density at radius 3 is 2.59 bits per heavy atom. The van der Waals surface area contributed by atoms with E-state index in [1.165, 1.54) is 6.07 Å². The summed E-state index contributed by atoms with van der Waals surface area (Å²) in [4.78, 5) is 12.5. The summed E-state index contributed by atoms with van der Waals surface area (Å²) in [6.07, 6.45) is 1.58. The van der Waals surface area contributed by atoms with Crippen molar-refractivity contribution in [2.75, 3.05) is 19.3 Å². The average molecular weight is 393 g/mol. The molecule has 122 valence electrons. The zero-order valence-corrected chi connectivity index (χ0v) is 14.6. The van der Waals surface area contributed by atoms with Crippen LogP contribution in [0.25, 0.3) is 0 Å². The van der Waals surface area contributed by atoms with E-state index in [1.54, 1.807) is 12.1 Å². The first kappa shape index (κ1) is 17.4. The van der Waals surface area contributed by atoms with Crippen LogP contribution in [0.5, 0.6) is 0 Å². The van der Waals surface area contributed by atoms with Crippen molar-refractivity contribution in [3.63, 3.8) is 0 Å². The molecular formula is C14H18BrFN2O3S. The average Bonchev–Trinajstić information content (AvgIpc) is 2.47. The Morgan fingerprint density at radius 2 is 2.05 bits per heavy atom. The van der Waals surface area contributed by atoms with Gasteiger partial charge in [0, 0.05) is 12.8 Å². The van der Waals surface area contributed by atoms with Crippen LogP contribution < -0.4 is 10.6 Å². The lowest BCUT2D eigenvalue weighted by Crippen LogP contribution is -2.57. The van der Waals surface area contributed by atoms with E-state index in [9.17, 15) is 17.6 Å². The van der Waals surface area contributed by atoms with E-state index in [1.807, 2.05) is 0 Å². The summed E-state index contributed by atoms with van der Waals surface area (Å²) in [6, 6.07) is 4.52. The van der Waals surface area contributed by atoms with Crippen LogP contribution in [0.4, 0.5) is 4.39 Å². The predicted octanol–water partition coefficient (Wildman–Crippen LogP) is 1.37. The number of hydrogen-bond donors (Lipinski definition) is 2. The molecular weight excluding hydrogens is 375 g/mol. The molecule has 2 N–H and O–H groups in total. The Labute approximate surface area is 137 Å². The highest BCUT2D eigenvalue weighted by Gasteiger charge is 2.48. The largest absolute Gasteiger partial charge is 0.351 e. The zero-order valence-electron chi connectivity index (χ0n) is 12.2. The fraction of sp³-hybridized carbons (Fsp3) is 0.500. The first-order valence-electron chi connectivity index (χ1n) is 6.89. The van der Waals surface area contributed by atoms with Crippen molar-refractivity contribution in [3.8, 4) is 0 Å². The molecule has 0 bridgehead atoms. The fourth-order valence-electron chi connectivity index (χ4n) is 2.59. The Balaban J connectivity index is 2.13. The molecule has 1 aliphatic rings. The van der Waals surface area contributed by atoms with Gasteiger partial charge in [0.05, 0.1) is 4.47 Å². The second kappa shape index (κ2) is 6.64. The summed E-state index contributed by atoms with van der Waals surface area (Å²) < 4.78 is 36.6. The highest BCUT2D eigenvalue weighted by molar-refractivity contribution is 9.10. The topological polar surface area (TPSA) is 75.3 Å². The highest BCUT2D eigenvalue weighted by Crippen LogP contribution is 2.28. The molecule has 8 heteroatoms. The van der Waals surface area contributed by atoms with Crippen LogP contribution in [-0.4, -0.2) is 38.4 Å². The van der Waals surface area contributed by atoms with Gasteiger partial charge >= 0.3 is 0 Å². The quantitative estimate of drug-likeness (QED) is 0.811. The van der Waals surface area contributed by atoms with Crippen LogP contribution in [0, 0.1) is 5.82 Å². The van der Waals surface area contributed by atoms with Crippen molar-refractivity contribution < 1.29 is 17.6 Å². The molecule has 1 aliphatic heterocycles. The van der Waals surface area contributed by atoms with E-state index in [4.69, 9.17) is 0 Å². The summed E-state index contributed by atoms with van der Waals surface area (Å²) in [6.45, 7) is 1.05. The van der Waals surface area contributed by atoms with Gasteiger partial charge in [0.2, 0.25) is 5.91 Å². The van der Waals surface area contributed by atoms with Crippen LogP contribution in [0.15, 0.2) is 22.7 Å². The maximum absolute atomic E-state index is 13.5. The number of rotatable bonds is 4. The second-order valence-corrected chi connectivity index (χ2v) is 8.63. The Morgan fingerprint density at radius 1 is 1.41 bits per heavy atom. The van der Waals surface area contributed by atoms with Gasteiger partial charge in [0.15, 0.2) is 14.6 Å². The van der Waals surface area contributed by atoms with Crippen LogP contribution in [0.3, 0.4) is 0 Å². The number of nitrogens with one attached hydrogen (secondary N) is 2. The van der Waals surface area contributed by atoms with Crippen LogP contribution in [0.1, 0.15) is 18.4 Å². The highest BCUT2D eigenvalue weighted by atomic mass is 79.9. The third-order valence-corrected chi connectivity index (χ3v) is 6.63. The summed E-state index contributed by atoms with van der Waals surface area (Å²) in [5.41, 5.74) is 0.576. The maximum Gasteiger partial charge on any atom is 0.241 e. The number of benzene rings is 1. The number of sulfone groups is 1. The fourth-order valence-corrected chi connectivity index (χ4v) is 4.19. The van der Waals surface area contributed by atoms with E-state index in [-0.39, 0.29) is 19.4 Å². The van der Waals surface area contributed by atoms with Crippen molar-refractivity contribution in [1.29, 1.82) is 0 Å². The van der Waals surface area contributed by atoms with Gasteiger partial charge in [-0.25, -0.2) is 12.8 Å². The maximum atomic E-state index is 13.5. The normalized spacial score (nSPS) is 18.0. The molecule has 0 radical (unpaired) electrons. The molecule has 0 atom stereocenters. The molecule has 2 rings (SSSR count). The molecule has 1 amide bonds. The minimum absolute atomic E-state index is 0.0910. The third-order valence-electron chi connectivity index (χ3n) is 3.97. The van der Waals surface area contributed by atoms with Gasteiger partial charge in [0.1, 0.15) is 5.82 Å². The number of amides is 1. The van der Waals surface area contributed by atoms with Crippen molar-refractivity contribution in [1.82, 2.24) is 10.6 Å². The zero-order chi connectivity index (χ0) is 16.4. The van der Waals surface area contributed by atoms with Crippen LogP contribution in [-0.2, 0) is 21.2 Å². The minimum atomic E-state index is -3.54. The first-order valence-corrected chi connectivity index (χ1v) is 9.57. The lowest BCUT2D eigenvalue weighted by atomic mass is 9.95. The van der Waals surface area contributed by atoms with Gasteiger partial charge in [-0.1, -0.05) is 6.07 Å². The number of halogens is 2. The Hall–Kier alpha value is -0.990. The lowest BCUT2D eigenvalue weighted by molar-refractivity contribution is -0.124. The molecule has 0 spiro atoms. The van der Waals surface area contributed by atoms with E-state index in [2.05, 4.69) is 26.6 Å². The Bertz CT molecular complexity index is 673. The molecule has 22 heavy (non-hydrogen) atoms. The molecule has 0 aliphatic carbocycles. The first-order chi connectivity index (χ1) is 10.3. The number of carbonyl (C=O) groups is 1. The smallest absolute Gasteiger partial charge is 0.241 e. The van der Waals surface area contributed by atoms with Gasteiger partial charge in [-0.3, -0.25) is 4.79 Å². The standard InChI is InChI=1S/C14H18BrFN2O3S/c1-22(20,21)14(4-6-17-7-5-14)13(19)18-9-10-2-3-11(15)12(16)8-10/h2-3,8,17H,4-7,9H2,1H3,(H,18,19). The van der Waals surface area contributed by atoms with Gasteiger partial charge < -0.3 is 10.6 Å². The molecule has 0 aromatic heterocycles. The second-order valence-electron chi connectivity index (χ2n) is 5.45.